The summed E-state index contributed by atoms with van der Waals surface area (Å²) in [6.45, 7) is 0.798. The van der Waals surface area contributed by atoms with E-state index in [1.807, 2.05) is 12.1 Å². The van der Waals surface area contributed by atoms with Gasteiger partial charge in [0, 0.05) is 16.6 Å². The van der Waals surface area contributed by atoms with E-state index >= 15 is 0 Å². The first-order chi connectivity index (χ1) is 9.65. The van der Waals surface area contributed by atoms with Gasteiger partial charge < -0.3 is 16.4 Å². The maximum atomic E-state index is 11.6. The lowest BCUT2D eigenvalue weighted by molar-refractivity contribution is 0.100. The third kappa shape index (κ3) is 2.63. The average molecular weight is 287 g/mol. The first-order valence-electron chi connectivity index (χ1n) is 6.63. The van der Waals surface area contributed by atoms with Crippen LogP contribution in [0.1, 0.15) is 28.1 Å². The Kier molecular flexibility index (Phi) is 3.36. The van der Waals surface area contributed by atoms with Crippen molar-refractivity contribution >= 4 is 28.6 Å². The number of amides is 1. The molecule has 2 aromatic rings. The van der Waals surface area contributed by atoms with E-state index in [2.05, 4.69) is 16.3 Å². The minimum Gasteiger partial charge on any atom is -0.399 e. The van der Waals surface area contributed by atoms with Gasteiger partial charge in [-0.1, -0.05) is 6.07 Å². The van der Waals surface area contributed by atoms with Crippen LogP contribution in [-0.4, -0.2) is 11.9 Å². The topological polar surface area (TPSA) is 72.3 Å². The van der Waals surface area contributed by atoms with Crippen molar-refractivity contribution in [3.8, 4) is 0 Å². The number of nitrogen functional groups attached to an aromatic ring is 1. The van der Waals surface area contributed by atoms with E-state index in [0.717, 1.165) is 25.1 Å². The summed E-state index contributed by atoms with van der Waals surface area (Å²) in [7, 11) is 0. The van der Waals surface area contributed by atoms with E-state index < -0.39 is 5.91 Å². The molecule has 20 heavy (non-hydrogen) atoms. The molecule has 1 aliphatic rings. The van der Waals surface area contributed by atoms with Gasteiger partial charge in [0.2, 0.25) is 0 Å². The van der Waals surface area contributed by atoms with Gasteiger partial charge in [0.15, 0.2) is 0 Å². The lowest BCUT2D eigenvalue weighted by Gasteiger charge is -2.26. The van der Waals surface area contributed by atoms with Gasteiger partial charge in [-0.25, -0.2) is 0 Å². The smallest absolute Gasteiger partial charge is 0.250 e. The Bertz CT molecular complexity index is 620. The fourth-order valence-electron chi connectivity index (χ4n) is 2.36. The van der Waals surface area contributed by atoms with Crippen LogP contribution in [0.5, 0.6) is 0 Å². The van der Waals surface area contributed by atoms with Gasteiger partial charge in [-0.15, -0.1) is 11.3 Å². The van der Waals surface area contributed by atoms with Crippen LogP contribution in [0, 0.1) is 0 Å². The standard InChI is InChI=1S/C15H17N3OS/c16-10-3-6-13(15(17)19)14(8-10)18(11-4-5-11)9-12-2-1-7-20-12/h1-3,6-8,11H,4-5,9,16H2,(H2,17,19). The van der Waals surface area contributed by atoms with Crippen molar-refractivity contribution in [2.45, 2.75) is 25.4 Å². The molecule has 4 nitrogen and oxygen atoms in total. The van der Waals surface area contributed by atoms with E-state index in [-0.39, 0.29) is 0 Å². The van der Waals surface area contributed by atoms with Gasteiger partial charge in [0.05, 0.1) is 17.8 Å². The van der Waals surface area contributed by atoms with Crippen molar-refractivity contribution in [3.05, 3.63) is 46.2 Å². The average Bonchev–Trinajstić information content (AvgIpc) is 3.12. The summed E-state index contributed by atoms with van der Waals surface area (Å²) in [6.07, 6.45) is 2.30. The van der Waals surface area contributed by atoms with Crippen molar-refractivity contribution in [3.63, 3.8) is 0 Å². The van der Waals surface area contributed by atoms with Crippen LogP contribution in [0.2, 0.25) is 0 Å². The van der Waals surface area contributed by atoms with Crippen LogP contribution >= 0.6 is 11.3 Å². The van der Waals surface area contributed by atoms with Crippen LogP contribution in [0.15, 0.2) is 35.7 Å². The van der Waals surface area contributed by atoms with Gasteiger partial charge >= 0.3 is 0 Å². The first kappa shape index (κ1) is 13.0. The molecule has 0 bridgehead atoms. The number of rotatable bonds is 5. The maximum Gasteiger partial charge on any atom is 0.250 e. The number of thiophene rings is 1. The highest BCUT2D eigenvalue weighted by atomic mass is 32.1. The normalized spacial score (nSPS) is 14.2. The molecule has 0 saturated heterocycles. The summed E-state index contributed by atoms with van der Waals surface area (Å²) < 4.78 is 0. The van der Waals surface area contributed by atoms with Crippen molar-refractivity contribution in [2.24, 2.45) is 5.73 Å². The van der Waals surface area contributed by atoms with Crippen LogP contribution in [0.3, 0.4) is 0 Å². The first-order valence-corrected chi connectivity index (χ1v) is 7.51. The summed E-state index contributed by atoms with van der Waals surface area (Å²) in [5, 5.41) is 2.06. The Morgan fingerprint density at radius 1 is 1.35 bits per heavy atom. The van der Waals surface area contributed by atoms with Gasteiger partial charge in [-0.2, -0.15) is 0 Å². The Morgan fingerprint density at radius 2 is 2.15 bits per heavy atom. The largest absolute Gasteiger partial charge is 0.399 e. The number of hydrogen-bond acceptors (Lipinski definition) is 4. The summed E-state index contributed by atoms with van der Waals surface area (Å²) in [4.78, 5) is 15.2. The van der Waals surface area contributed by atoms with E-state index in [9.17, 15) is 4.79 Å². The highest BCUT2D eigenvalue weighted by molar-refractivity contribution is 7.09. The second kappa shape index (κ2) is 5.17. The SMILES string of the molecule is NC(=O)c1ccc(N)cc1N(Cc1cccs1)C1CC1. The van der Waals surface area contributed by atoms with Crippen LogP contribution in [-0.2, 0) is 6.54 Å². The van der Waals surface area contributed by atoms with E-state index in [1.165, 1.54) is 4.88 Å². The molecule has 1 fully saturated rings. The molecule has 0 radical (unpaired) electrons. The molecule has 1 aromatic heterocycles. The summed E-state index contributed by atoms with van der Waals surface area (Å²) in [6, 6.07) is 9.93. The zero-order valence-electron chi connectivity index (χ0n) is 11.1. The van der Waals surface area contributed by atoms with E-state index in [1.54, 1.807) is 23.5 Å². The summed E-state index contributed by atoms with van der Waals surface area (Å²) in [5.41, 5.74) is 13.4. The molecule has 3 rings (SSSR count). The van der Waals surface area contributed by atoms with Crippen molar-refractivity contribution in [1.82, 2.24) is 0 Å². The summed E-state index contributed by atoms with van der Waals surface area (Å²) in [5.74, 6) is -0.406. The molecule has 0 spiro atoms. The molecule has 0 aliphatic heterocycles. The molecular formula is C15H17N3OS. The fourth-order valence-corrected chi connectivity index (χ4v) is 3.06. The number of carbonyl (C=O) groups is 1. The number of primary amides is 1. The lowest BCUT2D eigenvalue weighted by Crippen LogP contribution is -2.28. The molecule has 1 amide bonds. The molecule has 1 saturated carbocycles. The Morgan fingerprint density at radius 3 is 2.75 bits per heavy atom. The molecule has 4 N–H and O–H groups in total. The van der Waals surface area contributed by atoms with Gasteiger partial charge in [-0.3, -0.25) is 4.79 Å². The minimum atomic E-state index is -0.406. The maximum absolute atomic E-state index is 11.6. The quantitative estimate of drug-likeness (QED) is 0.830. The van der Waals surface area contributed by atoms with Crippen molar-refractivity contribution in [2.75, 3.05) is 10.6 Å². The highest BCUT2D eigenvalue weighted by Gasteiger charge is 2.31. The highest BCUT2D eigenvalue weighted by Crippen LogP contribution is 2.36. The summed E-state index contributed by atoms with van der Waals surface area (Å²) >= 11 is 1.72. The lowest BCUT2D eigenvalue weighted by atomic mass is 10.1. The third-order valence-corrected chi connectivity index (χ3v) is 4.35. The fraction of sp³-hybridized carbons (Fsp3) is 0.267. The van der Waals surface area contributed by atoms with Gasteiger partial charge in [0.1, 0.15) is 0 Å². The van der Waals surface area contributed by atoms with Gasteiger partial charge in [0.25, 0.3) is 5.91 Å². The number of benzene rings is 1. The second-order valence-corrected chi connectivity index (χ2v) is 6.11. The molecule has 104 valence electrons. The molecule has 1 aliphatic carbocycles. The van der Waals surface area contributed by atoms with Gasteiger partial charge in [-0.05, 0) is 42.5 Å². The molecule has 5 heteroatoms. The predicted octanol–water partition coefficient (Wildman–Crippen LogP) is 2.60. The molecule has 1 aromatic carbocycles. The van der Waals surface area contributed by atoms with E-state index in [4.69, 9.17) is 11.5 Å². The number of nitrogens with two attached hydrogens (primary N) is 2. The predicted molar refractivity (Wildman–Crippen MR) is 82.9 cm³/mol. The zero-order chi connectivity index (χ0) is 14.1. The number of carbonyl (C=O) groups excluding carboxylic acids is 1. The molecular weight excluding hydrogens is 270 g/mol. The molecule has 1 heterocycles. The molecule has 0 unspecified atom stereocenters. The Balaban J connectivity index is 1.98. The third-order valence-electron chi connectivity index (χ3n) is 3.49. The van der Waals surface area contributed by atoms with Crippen molar-refractivity contribution < 1.29 is 4.79 Å². The molecule has 0 atom stereocenters. The van der Waals surface area contributed by atoms with E-state index in [0.29, 0.717) is 17.3 Å². The Labute approximate surface area is 122 Å². The number of anilines is 2. The number of nitrogens with zero attached hydrogens (tertiary/aromatic N) is 1. The minimum absolute atomic E-state index is 0.406. The zero-order valence-corrected chi connectivity index (χ0v) is 11.9. The van der Waals surface area contributed by atoms with Crippen LogP contribution in [0.4, 0.5) is 11.4 Å². The van der Waals surface area contributed by atoms with Crippen LogP contribution in [0.25, 0.3) is 0 Å². The monoisotopic (exact) mass is 287 g/mol. The Hall–Kier alpha value is -2.01. The second-order valence-electron chi connectivity index (χ2n) is 5.08. The van der Waals surface area contributed by atoms with Crippen LogP contribution < -0.4 is 16.4 Å². The van der Waals surface area contributed by atoms with Crippen molar-refractivity contribution in [1.29, 1.82) is 0 Å². The number of hydrogen-bond donors (Lipinski definition) is 2.